The van der Waals surface area contributed by atoms with Crippen LogP contribution in [0.1, 0.15) is 6.92 Å². The molecular formula is C87H62N8. The highest BCUT2D eigenvalue weighted by Crippen LogP contribution is 2.51. The minimum atomic E-state index is 0.0904. The van der Waals surface area contributed by atoms with Crippen molar-refractivity contribution in [2.24, 2.45) is 16.8 Å². The molecule has 0 fully saturated rings. The first-order valence-electron chi connectivity index (χ1n) is 32.4. The van der Waals surface area contributed by atoms with Crippen LogP contribution in [0, 0.1) is 11.8 Å². The highest BCUT2D eigenvalue weighted by atomic mass is 15.2. The van der Waals surface area contributed by atoms with Gasteiger partial charge in [0.2, 0.25) is 0 Å². The lowest BCUT2D eigenvalue weighted by molar-refractivity contribution is 0.561. The zero-order valence-electron chi connectivity index (χ0n) is 52.1. The number of nitrogens with zero attached hydrogens (tertiary/aromatic N) is 8. The first-order valence-corrected chi connectivity index (χ1v) is 32.4. The van der Waals surface area contributed by atoms with Gasteiger partial charge < -0.3 is 19.6 Å². The van der Waals surface area contributed by atoms with Gasteiger partial charge in [-0.25, -0.2) is 0 Å². The highest BCUT2D eigenvalue weighted by molar-refractivity contribution is 6.23. The smallest absolute Gasteiger partial charge is 0.0942 e. The summed E-state index contributed by atoms with van der Waals surface area (Å²) in [5.41, 5.74) is 20.2. The van der Waals surface area contributed by atoms with Gasteiger partial charge in [-0.2, -0.15) is 0 Å². The fourth-order valence-corrected chi connectivity index (χ4v) is 14.3. The van der Waals surface area contributed by atoms with E-state index in [0.29, 0.717) is 0 Å². The van der Waals surface area contributed by atoms with Gasteiger partial charge >= 0.3 is 0 Å². The van der Waals surface area contributed by atoms with Crippen LogP contribution in [0.5, 0.6) is 0 Å². The van der Waals surface area contributed by atoms with Crippen molar-refractivity contribution >= 4 is 123 Å². The second-order valence-corrected chi connectivity index (χ2v) is 24.2. The van der Waals surface area contributed by atoms with E-state index in [9.17, 15) is 0 Å². The molecule has 95 heavy (non-hydrogen) atoms. The van der Waals surface area contributed by atoms with Crippen LogP contribution in [0.2, 0.25) is 0 Å². The molecule has 8 heteroatoms. The first kappa shape index (κ1) is 56.5. The van der Waals surface area contributed by atoms with E-state index in [2.05, 4.69) is 330 Å². The predicted molar refractivity (Wildman–Crippen MR) is 397 cm³/mol. The predicted octanol–water partition coefficient (Wildman–Crippen LogP) is 23.2. The van der Waals surface area contributed by atoms with Crippen molar-refractivity contribution in [2.45, 2.75) is 6.92 Å². The summed E-state index contributed by atoms with van der Waals surface area (Å²) in [6, 6.07) is 107. The van der Waals surface area contributed by atoms with Gasteiger partial charge in [-0.15, -0.1) is 0 Å². The van der Waals surface area contributed by atoms with E-state index in [1.165, 1.54) is 0 Å². The third-order valence-electron chi connectivity index (χ3n) is 18.6. The Balaban J connectivity index is 0.970. The average Bonchev–Trinajstić information content (AvgIpc) is 0.723. The minimum absolute atomic E-state index is 0.0904. The molecule has 0 spiro atoms. The molecule has 0 bridgehead atoms. The summed E-state index contributed by atoms with van der Waals surface area (Å²) in [5, 5.41) is 7.48. The molecule has 4 heterocycles. The van der Waals surface area contributed by atoms with Gasteiger partial charge in [0.1, 0.15) is 0 Å². The Kier molecular flexibility index (Phi) is 14.4. The van der Waals surface area contributed by atoms with Gasteiger partial charge in [0, 0.05) is 92.4 Å². The monoisotopic (exact) mass is 1220 g/mol. The van der Waals surface area contributed by atoms with Gasteiger partial charge in [-0.3, -0.25) is 19.9 Å². The van der Waals surface area contributed by atoms with E-state index in [1.807, 2.05) is 43.0 Å². The zero-order chi connectivity index (χ0) is 63.2. The molecule has 12 aromatic carbocycles. The molecule has 2 unspecified atom stereocenters. The number of rotatable bonds is 14. The summed E-state index contributed by atoms with van der Waals surface area (Å²) in [6.45, 7) is 2.28. The van der Waals surface area contributed by atoms with Crippen molar-refractivity contribution < 1.29 is 0 Å². The summed E-state index contributed by atoms with van der Waals surface area (Å²) in [7, 11) is 0. The van der Waals surface area contributed by atoms with E-state index in [-0.39, 0.29) is 11.8 Å². The van der Waals surface area contributed by atoms with Crippen molar-refractivity contribution in [1.29, 1.82) is 0 Å². The number of fused-ring (bicyclic) bond motifs is 6. The van der Waals surface area contributed by atoms with E-state index in [1.54, 1.807) is 0 Å². The summed E-state index contributed by atoms with van der Waals surface area (Å²) in [5.74, 6) is 0.343. The number of dihydropyridines is 1. The van der Waals surface area contributed by atoms with Crippen LogP contribution in [-0.2, 0) is 0 Å². The topological polar surface area (TPSA) is 64.0 Å². The number of para-hydroxylation sites is 7. The molecule has 15 aromatic rings. The second-order valence-electron chi connectivity index (χ2n) is 24.2. The van der Waals surface area contributed by atoms with Gasteiger partial charge in [-0.1, -0.05) is 183 Å². The molecule has 8 nitrogen and oxygen atoms in total. The molecule has 0 radical (unpaired) electrons. The zero-order valence-corrected chi connectivity index (χ0v) is 52.1. The molecule has 3 aromatic heterocycles. The summed E-state index contributed by atoms with van der Waals surface area (Å²) in [4.78, 5) is 30.0. The lowest BCUT2D eigenvalue weighted by Crippen LogP contribution is -2.25. The Hall–Kier alpha value is -12.5. The number of aliphatic imine (C=N–C) groups is 1. The highest BCUT2D eigenvalue weighted by Gasteiger charge is 2.31. The Bertz CT molecular complexity index is 5340. The van der Waals surface area contributed by atoms with Crippen LogP contribution in [0.4, 0.5) is 62.6 Å². The number of benzene rings is 12. The maximum atomic E-state index is 5.22. The Labute approximate surface area is 552 Å². The molecule has 0 N–H and O–H groups in total. The molecule has 450 valence electrons. The average molecular weight is 1220 g/mol. The lowest BCUT2D eigenvalue weighted by Gasteiger charge is -2.34. The van der Waals surface area contributed by atoms with Gasteiger partial charge in [0.25, 0.3) is 0 Å². The fraction of sp³-hybridized carbons (Fsp3) is 0.0345. The largest absolute Gasteiger partial charge is 0.311 e. The summed E-state index contributed by atoms with van der Waals surface area (Å²) >= 11 is 0. The number of aromatic nitrogens is 3. The van der Waals surface area contributed by atoms with Crippen LogP contribution in [0.3, 0.4) is 0 Å². The van der Waals surface area contributed by atoms with Gasteiger partial charge in [0.15, 0.2) is 0 Å². The van der Waals surface area contributed by atoms with Gasteiger partial charge in [-0.05, 0) is 195 Å². The van der Waals surface area contributed by atoms with E-state index in [0.717, 1.165) is 150 Å². The van der Waals surface area contributed by atoms with Crippen LogP contribution >= 0.6 is 0 Å². The van der Waals surface area contributed by atoms with Crippen molar-refractivity contribution in [3.63, 3.8) is 0 Å². The SMILES string of the molecule is CC1C=CC(N(c2ccc3c(-c4ccc(N(c5ccccc5)c5ccccc5)cc4)c4cc(N(c5cccc6cccnc56)c5cccc6cccnc56)ccc4c(-c4ccc(N(c5ccccc5)c5ccccc5)cc4)c3c2)c2cccc3cccnc23)=C2N=CC=CC21. The van der Waals surface area contributed by atoms with E-state index < -0.39 is 0 Å². The molecule has 0 amide bonds. The van der Waals surface area contributed by atoms with E-state index in [4.69, 9.17) is 19.9 Å². The summed E-state index contributed by atoms with van der Waals surface area (Å²) < 4.78 is 0. The summed E-state index contributed by atoms with van der Waals surface area (Å²) in [6.07, 6.45) is 16.6. The lowest BCUT2D eigenvalue weighted by atomic mass is 9.83. The van der Waals surface area contributed by atoms with Crippen molar-refractivity contribution in [2.75, 3.05) is 19.6 Å². The standard InChI is InChI=1S/C87H62N8/c1-59-39-52-81(87-73(59)35-20-56-91-87)95(80-38-16-23-64-26-19-55-90-86(64)80)72-49-51-75-77(58-72)83(61-42-46-70(47-43-61)93(67-31-10-4-11-32-67)68-33-12-5-13-34-68)74-50-48-71(94(78-36-14-21-62-24-17-53-88-84(62)78)79-37-15-22-63-25-18-54-89-85(63)79)57-76(74)82(75)60-40-44-69(45-41-60)92(65-27-6-2-7-28-65)66-29-8-3-9-30-66/h2-59,73H,1H3. The first-order chi connectivity index (χ1) is 47.1. The Morgan fingerprint density at radius 3 is 1.09 bits per heavy atom. The maximum absolute atomic E-state index is 5.22. The van der Waals surface area contributed by atoms with Gasteiger partial charge in [0.05, 0.1) is 45.0 Å². The second kappa shape index (κ2) is 24.3. The molecule has 0 saturated heterocycles. The van der Waals surface area contributed by atoms with Crippen LogP contribution < -0.4 is 19.6 Å². The van der Waals surface area contributed by atoms with Crippen LogP contribution in [0.15, 0.2) is 357 Å². The van der Waals surface area contributed by atoms with Crippen molar-refractivity contribution in [3.05, 3.63) is 352 Å². The number of hydrogen-bond acceptors (Lipinski definition) is 8. The Morgan fingerprint density at radius 1 is 0.305 bits per heavy atom. The maximum Gasteiger partial charge on any atom is 0.0942 e. The van der Waals surface area contributed by atoms with Crippen LogP contribution in [0.25, 0.3) is 76.5 Å². The van der Waals surface area contributed by atoms with Crippen molar-refractivity contribution in [3.8, 4) is 22.3 Å². The fourth-order valence-electron chi connectivity index (χ4n) is 14.3. The Morgan fingerprint density at radius 2 is 0.674 bits per heavy atom. The molecule has 1 aliphatic carbocycles. The molecule has 2 aliphatic rings. The molecule has 0 saturated carbocycles. The van der Waals surface area contributed by atoms with Crippen molar-refractivity contribution in [1.82, 2.24) is 15.0 Å². The number of hydrogen-bond donors (Lipinski definition) is 0. The van der Waals surface area contributed by atoms with E-state index >= 15 is 0 Å². The molecule has 1 aliphatic heterocycles. The number of allylic oxidation sites excluding steroid dienone is 4. The third kappa shape index (κ3) is 10.2. The number of pyridine rings is 3. The quantitative estimate of drug-likeness (QED) is 0.101. The minimum Gasteiger partial charge on any atom is -0.311 e. The third-order valence-corrected chi connectivity index (χ3v) is 18.6. The molecule has 17 rings (SSSR count). The molecular weight excluding hydrogens is 1160 g/mol. The molecule has 2 atom stereocenters. The number of anilines is 11. The normalized spacial score (nSPS) is 14.2. The van der Waals surface area contributed by atoms with Crippen LogP contribution in [-0.4, -0.2) is 21.2 Å².